The number of ether oxygens (including phenoxy) is 1. The van der Waals surface area contributed by atoms with Crippen LogP contribution in [-0.2, 0) is 4.74 Å². The Bertz CT molecular complexity index is 830. The number of halogens is 1. The summed E-state index contributed by atoms with van der Waals surface area (Å²) in [6, 6.07) is 17.3. The number of para-hydroxylation sites is 1. The van der Waals surface area contributed by atoms with Crippen molar-refractivity contribution < 1.29 is 9.53 Å². The molecule has 2 aromatic rings. The van der Waals surface area contributed by atoms with Crippen molar-refractivity contribution in [1.29, 1.82) is 0 Å². The summed E-state index contributed by atoms with van der Waals surface area (Å²) in [5.74, 6) is 8.77. The first-order chi connectivity index (χ1) is 13.2. The Balaban J connectivity index is 1.49. The maximum atomic E-state index is 11.6. The molecule has 3 nitrogen and oxygen atoms in total. The van der Waals surface area contributed by atoms with E-state index in [2.05, 4.69) is 44.3 Å². The molecule has 0 aliphatic rings. The monoisotopic (exact) mass is 441 g/mol. The van der Waals surface area contributed by atoms with E-state index < -0.39 is 6.09 Å². The molecule has 2 rings (SSSR count). The van der Waals surface area contributed by atoms with E-state index in [-0.39, 0.29) is 0 Å². The van der Waals surface area contributed by atoms with Crippen LogP contribution in [0.3, 0.4) is 0 Å². The minimum atomic E-state index is -0.417. The molecule has 0 fully saturated rings. The Labute approximate surface area is 173 Å². The molecule has 0 saturated carbocycles. The largest absolute Gasteiger partial charge is 0.449 e. The minimum absolute atomic E-state index is 0.412. The molecule has 0 heterocycles. The lowest BCUT2D eigenvalue weighted by molar-refractivity contribution is 0.159. The maximum Gasteiger partial charge on any atom is 0.411 e. The van der Waals surface area contributed by atoms with Crippen LogP contribution in [0.2, 0.25) is 0 Å². The highest BCUT2D eigenvalue weighted by atomic mass is 79.9. The van der Waals surface area contributed by atoms with Gasteiger partial charge in [-0.15, -0.1) is 0 Å². The van der Waals surface area contributed by atoms with E-state index in [0.717, 1.165) is 40.7 Å². The number of amides is 1. The van der Waals surface area contributed by atoms with Gasteiger partial charge in [-0.1, -0.05) is 40.0 Å². The number of hydrogen-bond acceptors (Lipinski definition) is 3. The van der Waals surface area contributed by atoms with Crippen LogP contribution in [0.4, 0.5) is 10.5 Å². The predicted molar refractivity (Wildman–Crippen MR) is 115 cm³/mol. The summed E-state index contributed by atoms with van der Waals surface area (Å²) in [4.78, 5) is 12.7. The third-order valence-electron chi connectivity index (χ3n) is 3.38. The number of rotatable bonds is 7. The fraction of sp³-hybridized carbons (Fsp3) is 0.227. The predicted octanol–water partition coefficient (Wildman–Crippen LogP) is 6.31. The molecular formula is C22H20BrNO2S. The molecule has 0 saturated heterocycles. The van der Waals surface area contributed by atoms with Crippen LogP contribution in [0.25, 0.3) is 0 Å². The lowest BCUT2D eigenvalue weighted by Gasteiger charge is -2.06. The average molecular weight is 442 g/mol. The van der Waals surface area contributed by atoms with E-state index in [4.69, 9.17) is 4.74 Å². The minimum Gasteiger partial charge on any atom is -0.449 e. The quantitative estimate of drug-likeness (QED) is 0.310. The molecule has 138 valence electrons. The summed E-state index contributed by atoms with van der Waals surface area (Å²) in [5, 5.41) is 5.66. The second-order valence-electron chi connectivity index (χ2n) is 5.52. The van der Waals surface area contributed by atoms with Crippen molar-refractivity contribution in [2.45, 2.75) is 30.6 Å². The molecule has 0 spiro atoms. The molecule has 5 heteroatoms. The highest BCUT2D eigenvalue weighted by Crippen LogP contribution is 2.19. The van der Waals surface area contributed by atoms with Gasteiger partial charge in [-0.25, -0.2) is 4.79 Å². The van der Waals surface area contributed by atoms with Crippen molar-refractivity contribution in [2.75, 3.05) is 11.9 Å². The molecule has 0 radical (unpaired) electrons. The van der Waals surface area contributed by atoms with E-state index in [1.54, 1.807) is 0 Å². The normalized spacial score (nSPS) is 9.37. The van der Waals surface area contributed by atoms with Gasteiger partial charge in [0.05, 0.1) is 6.61 Å². The summed E-state index contributed by atoms with van der Waals surface area (Å²) in [6.45, 7) is 0.412. The van der Waals surface area contributed by atoms with E-state index in [9.17, 15) is 4.79 Å². The van der Waals surface area contributed by atoms with Gasteiger partial charge in [0.25, 0.3) is 0 Å². The standard InChI is InChI=1S/C22H20BrNO2S/c23-19-13-15-21(16-14-19)27-18-10-5-3-1-2-4-9-17-26-22(25)24-20-11-7-6-8-12-20/h6-8,11-16H,1-2,4,9,17H2,(H,24,25). The van der Waals surface area contributed by atoms with Crippen molar-refractivity contribution >= 4 is 39.5 Å². The summed E-state index contributed by atoms with van der Waals surface area (Å²) in [6.07, 6.45) is 3.15. The molecule has 0 aliphatic heterocycles. The molecule has 1 amide bonds. The van der Waals surface area contributed by atoms with E-state index in [1.807, 2.05) is 54.6 Å². The van der Waals surface area contributed by atoms with Gasteiger partial charge in [0, 0.05) is 21.5 Å². The Hall–Kier alpha value is -2.34. The third-order valence-corrected chi connectivity index (χ3v) is 4.62. The van der Waals surface area contributed by atoms with Crippen LogP contribution in [0, 0.1) is 23.0 Å². The van der Waals surface area contributed by atoms with Gasteiger partial charge in [-0.05, 0) is 84.5 Å². The summed E-state index contributed by atoms with van der Waals surface area (Å²) < 4.78 is 6.20. The van der Waals surface area contributed by atoms with Crippen LogP contribution >= 0.6 is 27.7 Å². The average Bonchev–Trinajstić information content (AvgIpc) is 2.68. The van der Waals surface area contributed by atoms with Crippen molar-refractivity contribution in [3.63, 3.8) is 0 Å². The lowest BCUT2D eigenvalue weighted by atomic mass is 10.2. The number of thioether (sulfide) groups is 1. The van der Waals surface area contributed by atoms with Crippen LogP contribution < -0.4 is 5.32 Å². The van der Waals surface area contributed by atoms with Gasteiger partial charge in [0.15, 0.2) is 0 Å². The maximum absolute atomic E-state index is 11.6. The Morgan fingerprint density at radius 3 is 2.56 bits per heavy atom. The van der Waals surface area contributed by atoms with Crippen molar-refractivity contribution in [3.8, 4) is 23.0 Å². The van der Waals surface area contributed by atoms with Gasteiger partial charge in [-0.3, -0.25) is 5.32 Å². The Morgan fingerprint density at radius 1 is 1.00 bits per heavy atom. The highest BCUT2D eigenvalue weighted by Gasteiger charge is 2.01. The van der Waals surface area contributed by atoms with Gasteiger partial charge in [0.1, 0.15) is 0 Å². The summed E-state index contributed by atoms with van der Waals surface area (Å²) in [7, 11) is 0. The molecule has 0 aliphatic carbocycles. The van der Waals surface area contributed by atoms with Gasteiger partial charge in [0.2, 0.25) is 0 Å². The second kappa shape index (κ2) is 12.9. The zero-order valence-corrected chi connectivity index (χ0v) is 17.2. The van der Waals surface area contributed by atoms with Crippen LogP contribution in [0.15, 0.2) is 64.0 Å². The number of nitrogens with one attached hydrogen (secondary N) is 1. The van der Waals surface area contributed by atoms with E-state index in [0.29, 0.717) is 6.61 Å². The van der Waals surface area contributed by atoms with Gasteiger partial charge in [-0.2, -0.15) is 0 Å². The Kier molecular flexibility index (Phi) is 10.0. The highest BCUT2D eigenvalue weighted by molar-refractivity contribution is 9.10. The van der Waals surface area contributed by atoms with E-state index in [1.165, 1.54) is 11.8 Å². The zero-order chi connectivity index (χ0) is 19.2. The molecule has 0 bridgehead atoms. The number of carbonyl (C=O) groups excluding carboxylic acids is 1. The van der Waals surface area contributed by atoms with Gasteiger partial charge >= 0.3 is 6.09 Å². The van der Waals surface area contributed by atoms with Crippen molar-refractivity contribution in [2.24, 2.45) is 0 Å². The van der Waals surface area contributed by atoms with Gasteiger partial charge < -0.3 is 4.74 Å². The van der Waals surface area contributed by atoms with Crippen molar-refractivity contribution in [3.05, 3.63) is 59.1 Å². The first-order valence-corrected chi connectivity index (χ1v) is 10.2. The Morgan fingerprint density at radius 2 is 1.78 bits per heavy atom. The second-order valence-corrected chi connectivity index (χ2v) is 7.32. The number of benzene rings is 2. The molecule has 27 heavy (non-hydrogen) atoms. The summed E-state index contributed by atoms with van der Waals surface area (Å²) >= 11 is 4.87. The van der Waals surface area contributed by atoms with Crippen LogP contribution in [0.5, 0.6) is 0 Å². The van der Waals surface area contributed by atoms with Crippen LogP contribution in [-0.4, -0.2) is 12.7 Å². The lowest BCUT2D eigenvalue weighted by Crippen LogP contribution is -2.14. The zero-order valence-electron chi connectivity index (χ0n) is 14.8. The molecule has 1 N–H and O–H groups in total. The molecule has 2 aromatic carbocycles. The SMILES string of the molecule is O=C(Nc1ccccc1)OCCCCCC#CC#CSc1ccc(Br)cc1. The summed E-state index contributed by atoms with van der Waals surface area (Å²) in [5.41, 5.74) is 0.734. The smallest absolute Gasteiger partial charge is 0.411 e. The first kappa shape index (κ1) is 21.0. The van der Waals surface area contributed by atoms with Crippen LogP contribution in [0.1, 0.15) is 25.7 Å². The molecule has 0 atom stereocenters. The number of anilines is 1. The number of unbranched alkanes of at least 4 members (excludes halogenated alkanes) is 3. The topological polar surface area (TPSA) is 38.3 Å². The molecule has 0 aromatic heterocycles. The number of hydrogen-bond donors (Lipinski definition) is 1. The number of carbonyl (C=O) groups is 1. The third kappa shape index (κ3) is 9.80. The molecular weight excluding hydrogens is 422 g/mol. The first-order valence-electron chi connectivity index (χ1n) is 8.63. The van der Waals surface area contributed by atoms with E-state index >= 15 is 0 Å². The fourth-order valence-corrected chi connectivity index (χ4v) is 2.81. The fourth-order valence-electron chi connectivity index (χ4n) is 2.05. The van der Waals surface area contributed by atoms with Crippen molar-refractivity contribution in [1.82, 2.24) is 0 Å². The molecule has 0 unspecified atom stereocenters.